The van der Waals surface area contributed by atoms with Crippen LogP contribution in [0.2, 0.25) is 0 Å². The summed E-state index contributed by atoms with van der Waals surface area (Å²) in [5, 5.41) is 0. The van der Waals surface area contributed by atoms with Gasteiger partial charge in [-0.2, -0.15) is 0 Å². The Bertz CT molecular complexity index is 210. The SMILES string of the molecule is CCCN(CC)C(=O)CC1(N)CCCC1. The Morgan fingerprint density at radius 3 is 2.40 bits per heavy atom. The molecule has 15 heavy (non-hydrogen) atoms. The van der Waals surface area contributed by atoms with E-state index in [0.717, 1.165) is 32.4 Å². The minimum atomic E-state index is -0.196. The molecule has 0 unspecified atom stereocenters. The molecule has 0 heterocycles. The van der Waals surface area contributed by atoms with E-state index in [9.17, 15) is 4.79 Å². The van der Waals surface area contributed by atoms with E-state index in [1.165, 1.54) is 12.8 Å². The second kappa shape index (κ2) is 5.50. The van der Waals surface area contributed by atoms with Gasteiger partial charge in [0.15, 0.2) is 0 Å². The summed E-state index contributed by atoms with van der Waals surface area (Å²) in [7, 11) is 0. The average Bonchev–Trinajstić information content (AvgIpc) is 2.60. The zero-order valence-corrected chi connectivity index (χ0v) is 10.1. The number of carbonyl (C=O) groups is 1. The van der Waals surface area contributed by atoms with Gasteiger partial charge in [-0.3, -0.25) is 4.79 Å². The van der Waals surface area contributed by atoms with Crippen LogP contribution in [0.5, 0.6) is 0 Å². The van der Waals surface area contributed by atoms with Crippen molar-refractivity contribution in [2.45, 2.75) is 57.9 Å². The van der Waals surface area contributed by atoms with Gasteiger partial charge in [0.05, 0.1) is 0 Å². The molecule has 2 N–H and O–H groups in total. The van der Waals surface area contributed by atoms with Crippen LogP contribution in [0, 0.1) is 0 Å². The molecule has 3 heteroatoms. The van der Waals surface area contributed by atoms with Crippen molar-refractivity contribution in [2.24, 2.45) is 5.73 Å². The molecular weight excluding hydrogens is 188 g/mol. The van der Waals surface area contributed by atoms with Crippen molar-refractivity contribution in [1.29, 1.82) is 0 Å². The zero-order valence-electron chi connectivity index (χ0n) is 10.1. The van der Waals surface area contributed by atoms with Crippen LogP contribution in [0.3, 0.4) is 0 Å². The molecular formula is C12H24N2O. The van der Waals surface area contributed by atoms with Crippen LogP contribution in [0.4, 0.5) is 0 Å². The van der Waals surface area contributed by atoms with Crippen molar-refractivity contribution in [3.8, 4) is 0 Å². The summed E-state index contributed by atoms with van der Waals surface area (Å²) in [5.41, 5.74) is 6.00. The van der Waals surface area contributed by atoms with Crippen molar-refractivity contribution in [2.75, 3.05) is 13.1 Å². The number of amides is 1. The van der Waals surface area contributed by atoms with Crippen molar-refractivity contribution in [1.82, 2.24) is 4.90 Å². The summed E-state index contributed by atoms with van der Waals surface area (Å²) in [6.07, 6.45) is 5.97. The molecule has 0 aromatic carbocycles. The topological polar surface area (TPSA) is 46.3 Å². The van der Waals surface area contributed by atoms with Crippen LogP contribution in [0.15, 0.2) is 0 Å². The summed E-state index contributed by atoms with van der Waals surface area (Å²) < 4.78 is 0. The average molecular weight is 212 g/mol. The molecule has 88 valence electrons. The highest BCUT2D eigenvalue weighted by atomic mass is 16.2. The maximum absolute atomic E-state index is 12.0. The van der Waals surface area contributed by atoms with Crippen LogP contribution in [-0.2, 0) is 4.79 Å². The van der Waals surface area contributed by atoms with Crippen LogP contribution < -0.4 is 5.73 Å². The highest BCUT2D eigenvalue weighted by Crippen LogP contribution is 2.30. The Balaban J connectivity index is 2.45. The lowest BCUT2D eigenvalue weighted by atomic mass is 9.94. The van der Waals surface area contributed by atoms with E-state index in [1.54, 1.807) is 0 Å². The fraction of sp³-hybridized carbons (Fsp3) is 0.917. The van der Waals surface area contributed by atoms with Gasteiger partial charge in [-0.05, 0) is 26.2 Å². The molecule has 3 nitrogen and oxygen atoms in total. The zero-order chi connectivity index (χ0) is 11.3. The maximum atomic E-state index is 12.0. The minimum Gasteiger partial charge on any atom is -0.343 e. The molecule has 1 aliphatic rings. The van der Waals surface area contributed by atoms with Crippen molar-refractivity contribution in [3.05, 3.63) is 0 Å². The smallest absolute Gasteiger partial charge is 0.224 e. The van der Waals surface area contributed by atoms with Gasteiger partial charge in [-0.25, -0.2) is 0 Å². The van der Waals surface area contributed by atoms with Gasteiger partial charge >= 0.3 is 0 Å². The van der Waals surface area contributed by atoms with Crippen LogP contribution in [0.1, 0.15) is 52.4 Å². The molecule has 0 bridgehead atoms. The van der Waals surface area contributed by atoms with E-state index in [2.05, 4.69) is 6.92 Å². The van der Waals surface area contributed by atoms with Gasteiger partial charge in [0.2, 0.25) is 5.91 Å². The Morgan fingerprint density at radius 1 is 1.33 bits per heavy atom. The summed E-state index contributed by atoms with van der Waals surface area (Å²) in [6, 6.07) is 0. The normalized spacial score (nSPS) is 19.1. The number of nitrogens with two attached hydrogens (primary N) is 1. The standard InChI is InChI=1S/C12H24N2O/c1-3-9-14(4-2)11(15)10-12(13)7-5-6-8-12/h3-10,13H2,1-2H3. The molecule has 0 saturated heterocycles. The maximum Gasteiger partial charge on any atom is 0.224 e. The summed E-state index contributed by atoms with van der Waals surface area (Å²) in [6.45, 7) is 5.81. The van der Waals surface area contributed by atoms with Gasteiger partial charge in [-0.15, -0.1) is 0 Å². The molecule has 1 rings (SSSR count). The third-order valence-corrected chi connectivity index (χ3v) is 3.33. The largest absolute Gasteiger partial charge is 0.343 e. The van der Waals surface area contributed by atoms with Gasteiger partial charge in [0.25, 0.3) is 0 Å². The highest BCUT2D eigenvalue weighted by Gasteiger charge is 2.32. The van der Waals surface area contributed by atoms with Gasteiger partial charge in [0.1, 0.15) is 0 Å². The van der Waals surface area contributed by atoms with E-state index in [4.69, 9.17) is 5.73 Å². The van der Waals surface area contributed by atoms with Crippen molar-refractivity contribution < 1.29 is 4.79 Å². The summed E-state index contributed by atoms with van der Waals surface area (Å²) in [4.78, 5) is 13.9. The fourth-order valence-electron chi connectivity index (χ4n) is 2.40. The quantitative estimate of drug-likeness (QED) is 0.756. The molecule has 1 fully saturated rings. The third-order valence-electron chi connectivity index (χ3n) is 3.33. The molecule has 0 aromatic rings. The van der Waals surface area contributed by atoms with Gasteiger partial charge in [0, 0.05) is 25.0 Å². The lowest BCUT2D eigenvalue weighted by molar-refractivity contribution is -0.132. The predicted molar refractivity (Wildman–Crippen MR) is 62.5 cm³/mol. The summed E-state index contributed by atoms with van der Waals surface area (Å²) in [5.74, 6) is 0.240. The van der Waals surface area contributed by atoms with E-state index in [-0.39, 0.29) is 11.4 Å². The first kappa shape index (κ1) is 12.5. The van der Waals surface area contributed by atoms with Gasteiger partial charge < -0.3 is 10.6 Å². The first-order valence-corrected chi connectivity index (χ1v) is 6.18. The Hall–Kier alpha value is -0.570. The number of rotatable bonds is 5. The Morgan fingerprint density at radius 2 is 1.93 bits per heavy atom. The second-order valence-corrected chi connectivity index (χ2v) is 4.72. The lowest BCUT2D eigenvalue weighted by Crippen LogP contribution is -2.43. The third kappa shape index (κ3) is 3.49. The monoisotopic (exact) mass is 212 g/mol. The Labute approximate surface area is 93.0 Å². The Kier molecular flexibility index (Phi) is 4.58. The first-order valence-electron chi connectivity index (χ1n) is 6.18. The molecule has 1 amide bonds. The fourth-order valence-corrected chi connectivity index (χ4v) is 2.40. The lowest BCUT2D eigenvalue weighted by Gasteiger charge is -2.27. The number of nitrogens with zero attached hydrogens (tertiary/aromatic N) is 1. The molecule has 1 saturated carbocycles. The first-order chi connectivity index (χ1) is 7.11. The molecule has 0 spiro atoms. The van der Waals surface area contributed by atoms with Crippen LogP contribution >= 0.6 is 0 Å². The molecule has 0 aliphatic heterocycles. The van der Waals surface area contributed by atoms with Gasteiger partial charge in [-0.1, -0.05) is 19.8 Å². The number of hydrogen-bond donors (Lipinski definition) is 1. The van der Waals surface area contributed by atoms with E-state index >= 15 is 0 Å². The number of hydrogen-bond acceptors (Lipinski definition) is 2. The van der Waals surface area contributed by atoms with Crippen LogP contribution in [0.25, 0.3) is 0 Å². The summed E-state index contributed by atoms with van der Waals surface area (Å²) >= 11 is 0. The minimum absolute atomic E-state index is 0.196. The number of carbonyl (C=O) groups excluding carboxylic acids is 1. The van der Waals surface area contributed by atoms with Crippen molar-refractivity contribution in [3.63, 3.8) is 0 Å². The van der Waals surface area contributed by atoms with Crippen LogP contribution in [-0.4, -0.2) is 29.4 Å². The van der Waals surface area contributed by atoms with Crippen molar-refractivity contribution >= 4 is 5.91 Å². The molecule has 0 aromatic heterocycles. The molecule has 0 atom stereocenters. The molecule has 1 aliphatic carbocycles. The van der Waals surface area contributed by atoms with E-state index in [1.807, 2.05) is 11.8 Å². The predicted octanol–water partition coefficient (Wildman–Crippen LogP) is 1.91. The molecule has 0 radical (unpaired) electrons. The van der Waals surface area contributed by atoms with E-state index < -0.39 is 0 Å². The van der Waals surface area contributed by atoms with E-state index in [0.29, 0.717) is 6.42 Å². The second-order valence-electron chi connectivity index (χ2n) is 4.72. The highest BCUT2D eigenvalue weighted by molar-refractivity contribution is 5.77.